The molecular formula is C31H45N7O2. The van der Waals surface area contributed by atoms with E-state index in [2.05, 4.69) is 60.6 Å². The highest BCUT2D eigenvalue weighted by molar-refractivity contribution is 5.88. The lowest BCUT2D eigenvalue weighted by molar-refractivity contribution is -0.0373. The molecule has 1 aromatic carbocycles. The maximum atomic E-state index is 13.0. The fourth-order valence-corrected chi connectivity index (χ4v) is 6.48. The highest BCUT2D eigenvalue weighted by Crippen LogP contribution is 2.39. The van der Waals surface area contributed by atoms with Crippen molar-refractivity contribution >= 4 is 22.8 Å². The fourth-order valence-electron chi connectivity index (χ4n) is 6.48. The van der Waals surface area contributed by atoms with Gasteiger partial charge in [0.1, 0.15) is 5.82 Å². The maximum absolute atomic E-state index is 13.0. The van der Waals surface area contributed by atoms with Gasteiger partial charge in [-0.05, 0) is 49.8 Å². The van der Waals surface area contributed by atoms with Crippen molar-refractivity contribution in [1.29, 1.82) is 0 Å². The summed E-state index contributed by atoms with van der Waals surface area (Å²) in [5, 5.41) is 7.92. The number of anilines is 2. The van der Waals surface area contributed by atoms with Crippen molar-refractivity contribution < 1.29 is 4.74 Å². The van der Waals surface area contributed by atoms with Crippen LogP contribution >= 0.6 is 0 Å². The third-order valence-corrected chi connectivity index (χ3v) is 8.83. The number of benzene rings is 1. The molecule has 1 atom stereocenters. The van der Waals surface area contributed by atoms with Crippen LogP contribution < -0.4 is 21.1 Å². The van der Waals surface area contributed by atoms with Crippen molar-refractivity contribution in [2.45, 2.75) is 64.1 Å². The molecule has 0 aliphatic carbocycles. The van der Waals surface area contributed by atoms with Crippen LogP contribution in [0.2, 0.25) is 0 Å². The highest BCUT2D eigenvalue weighted by atomic mass is 16.5. The second-order valence-electron chi connectivity index (χ2n) is 11.4. The van der Waals surface area contributed by atoms with Gasteiger partial charge < -0.3 is 20.3 Å². The Hall–Kier alpha value is -3.01. The number of ether oxygens (including phenoxy) is 1. The lowest BCUT2D eigenvalue weighted by Gasteiger charge is -2.48. The van der Waals surface area contributed by atoms with Crippen LogP contribution in [0.25, 0.3) is 11.0 Å². The molecule has 0 amide bonds. The van der Waals surface area contributed by atoms with Gasteiger partial charge >= 0.3 is 0 Å². The minimum absolute atomic E-state index is 0.0108. The molecule has 4 heterocycles. The van der Waals surface area contributed by atoms with Crippen LogP contribution in [0.1, 0.15) is 69.7 Å². The monoisotopic (exact) mass is 547 g/mol. The summed E-state index contributed by atoms with van der Waals surface area (Å²) in [5.41, 5.74) is 3.25. The molecule has 216 valence electrons. The van der Waals surface area contributed by atoms with Gasteiger partial charge in [0.15, 0.2) is 5.65 Å². The summed E-state index contributed by atoms with van der Waals surface area (Å²) in [6, 6.07) is 12.6. The summed E-state index contributed by atoms with van der Waals surface area (Å²) in [7, 11) is 3.95. The normalized spacial score (nSPS) is 18.6. The van der Waals surface area contributed by atoms with Crippen molar-refractivity contribution in [3.63, 3.8) is 0 Å². The zero-order valence-corrected chi connectivity index (χ0v) is 24.7. The van der Waals surface area contributed by atoms with Gasteiger partial charge in [0.25, 0.3) is 5.56 Å². The quantitative estimate of drug-likeness (QED) is 0.410. The molecule has 9 nitrogen and oxygen atoms in total. The Kier molecular flexibility index (Phi) is 8.73. The standard InChI is InChI=1S/C31H45N7O2/c1-6-25(7-2)38-27(39)13-12-26-28(36(4)5)34-30(35-29(26)38)33-22(3)23-8-10-24(11-9-23)31(14-20-40-21-15-31)37-18-16-32-17-19-37/h8-13,22,25,32H,6-7,14-21H2,1-5H3,(H,33,34,35)/t22-/m0/s1. The Morgan fingerprint density at radius 2 is 1.70 bits per heavy atom. The summed E-state index contributed by atoms with van der Waals surface area (Å²) in [5.74, 6) is 1.33. The number of rotatable bonds is 9. The lowest BCUT2D eigenvalue weighted by Crippen LogP contribution is -2.56. The second-order valence-corrected chi connectivity index (χ2v) is 11.4. The van der Waals surface area contributed by atoms with E-state index in [0.29, 0.717) is 11.6 Å². The number of pyridine rings is 1. The van der Waals surface area contributed by atoms with Gasteiger partial charge in [-0.15, -0.1) is 0 Å². The van der Waals surface area contributed by atoms with Gasteiger partial charge in [-0.1, -0.05) is 38.1 Å². The Bertz CT molecular complexity index is 1340. The van der Waals surface area contributed by atoms with Crippen LogP contribution in [0.5, 0.6) is 0 Å². The Morgan fingerprint density at radius 1 is 1.02 bits per heavy atom. The van der Waals surface area contributed by atoms with Gasteiger partial charge in [-0.2, -0.15) is 9.97 Å². The molecule has 5 rings (SSSR count). The predicted octanol–water partition coefficient (Wildman–Crippen LogP) is 4.30. The van der Waals surface area contributed by atoms with E-state index in [-0.39, 0.29) is 23.2 Å². The molecule has 2 fully saturated rings. The molecule has 0 bridgehead atoms. The molecule has 2 aliphatic rings. The zero-order valence-electron chi connectivity index (χ0n) is 24.7. The van der Waals surface area contributed by atoms with E-state index in [4.69, 9.17) is 14.7 Å². The molecule has 3 aromatic rings. The Labute approximate surface area is 237 Å². The highest BCUT2D eigenvalue weighted by Gasteiger charge is 2.40. The molecule has 0 unspecified atom stereocenters. The Morgan fingerprint density at radius 3 is 2.33 bits per heavy atom. The summed E-state index contributed by atoms with van der Waals surface area (Å²) in [4.78, 5) is 27.4. The topological polar surface area (TPSA) is 87.6 Å². The van der Waals surface area contributed by atoms with Gasteiger partial charge in [-0.3, -0.25) is 14.3 Å². The van der Waals surface area contributed by atoms with Crippen LogP contribution in [-0.4, -0.2) is 72.9 Å². The van der Waals surface area contributed by atoms with Crippen LogP contribution in [-0.2, 0) is 10.3 Å². The van der Waals surface area contributed by atoms with Crippen LogP contribution in [0.3, 0.4) is 0 Å². The zero-order chi connectivity index (χ0) is 28.3. The summed E-state index contributed by atoms with van der Waals surface area (Å²) in [6.07, 6.45) is 3.78. The van der Waals surface area contributed by atoms with E-state index in [1.165, 1.54) is 11.1 Å². The molecule has 2 aliphatic heterocycles. The van der Waals surface area contributed by atoms with Gasteiger partial charge in [-0.25, -0.2) is 0 Å². The van der Waals surface area contributed by atoms with Crippen molar-refractivity contribution in [2.75, 3.05) is 63.7 Å². The molecule has 2 saturated heterocycles. The maximum Gasteiger partial charge on any atom is 0.252 e. The average Bonchev–Trinajstić information content (AvgIpc) is 2.99. The van der Waals surface area contributed by atoms with Gasteiger partial charge in [0.05, 0.1) is 17.0 Å². The first-order valence-electron chi connectivity index (χ1n) is 14.9. The summed E-state index contributed by atoms with van der Waals surface area (Å²) < 4.78 is 7.62. The molecule has 0 radical (unpaired) electrons. The minimum atomic E-state index is -0.0225. The van der Waals surface area contributed by atoms with Gasteiger partial charge in [0.2, 0.25) is 5.95 Å². The third-order valence-electron chi connectivity index (χ3n) is 8.83. The van der Waals surface area contributed by atoms with E-state index in [0.717, 1.165) is 76.3 Å². The van der Waals surface area contributed by atoms with E-state index >= 15 is 0 Å². The Balaban J connectivity index is 1.45. The van der Waals surface area contributed by atoms with Crippen LogP contribution in [0, 0.1) is 0 Å². The van der Waals surface area contributed by atoms with E-state index in [1.54, 1.807) is 6.07 Å². The average molecular weight is 548 g/mol. The molecule has 0 saturated carbocycles. The number of hydrogen-bond donors (Lipinski definition) is 2. The van der Waals surface area contributed by atoms with E-state index < -0.39 is 0 Å². The van der Waals surface area contributed by atoms with Crippen LogP contribution in [0.15, 0.2) is 41.2 Å². The first-order valence-corrected chi connectivity index (χ1v) is 14.9. The van der Waals surface area contributed by atoms with Crippen molar-refractivity contribution in [2.24, 2.45) is 0 Å². The molecule has 40 heavy (non-hydrogen) atoms. The van der Waals surface area contributed by atoms with Crippen molar-refractivity contribution in [3.05, 3.63) is 57.9 Å². The number of hydrogen-bond acceptors (Lipinski definition) is 8. The lowest BCUT2D eigenvalue weighted by atomic mass is 9.80. The molecule has 2 aromatic heterocycles. The van der Waals surface area contributed by atoms with Gasteiger partial charge in [0, 0.05) is 65.6 Å². The smallest absolute Gasteiger partial charge is 0.252 e. The first kappa shape index (κ1) is 28.5. The minimum Gasteiger partial charge on any atom is -0.381 e. The van der Waals surface area contributed by atoms with Crippen LogP contribution in [0.4, 0.5) is 11.8 Å². The molecule has 2 N–H and O–H groups in total. The first-order chi connectivity index (χ1) is 19.4. The summed E-state index contributed by atoms with van der Waals surface area (Å²) >= 11 is 0. The molecule has 9 heteroatoms. The molecular weight excluding hydrogens is 502 g/mol. The number of piperazine rings is 1. The second kappa shape index (κ2) is 12.2. The fraction of sp³-hybridized carbons (Fsp3) is 0.581. The summed E-state index contributed by atoms with van der Waals surface area (Å²) in [6.45, 7) is 12.2. The molecule has 0 spiro atoms. The van der Waals surface area contributed by atoms with E-state index in [1.807, 2.05) is 29.6 Å². The number of fused-ring (bicyclic) bond motifs is 1. The number of aromatic nitrogens is 3. The van der Waals surface area contributed by atoms with Crippen molar-refractivity contribution in [1.82, 2.24) is 24.8 Å². The largest absolute Gasteiger partial charge is 0.381 e. The van der Waals surface area contributed by atoms with Crippen molar-refractivity contribution in [3.8, 4) is 0 Å². The third kappa shape index (κ3) is 5.47. The number of nitrogens with one attached hydrogen (secondary N) is 2. The number of nitrogens with zero attached hydrogens (tertiary/aromatic N) is 5. The predicted molar refractivity (Wildman–Crippen MR) is 162 cm³/mol. The SMILES string of the molecule is CCC(CC)n1c(=O)ccc2c(N(C)C)nc(N[C@@H](C)c3ccc(C4(N5CCNCC5)CCOCC4)cc3)nc21. The van der Waals surface area contributed by atoms with E-state index in [9.17, 15) is 4.79 Å².